The highest BCUT2D eigenvalue weighted by molar-refractivity contribution is 7.07. The summed E-state index contributed by atoms with van der Waals surface area (Å²) in [6.07, 6.45) is -0.120. The van der Waals surface area contributed by atoms with Crippen LogP contribution in [0.15, 0.2) is 59.3 Å². The minimum atomic E-state index is -0.120. The molecule has 2 aromatic carbocycles. The van der Waals surface area contributed by atoms with Crippen molar-refractivity contribution in [3.05, 3.63) is 70.4 Å². The van der Waals surface area contributed by atoms with Crippen molar-refractivity contribution >= 4 is 28.0 Å². The molecule has 22 heavy (non-hydrogen) atoms. The topological polar surface area (TPSA) is 38.3 Å². The number of amides is 1. The van der Waals surface area contributed by atoms with Crippen molar-refractivity contribution in [2.24, 2.45) is 0 Å². The number of carbonyl (C=O) groups is 1. The van der Waals surface area contributed by atoms with E-state index in [1.165, 1.54) is 0 Å². The van der Waals surface area contributed by atoms with E-state index in [2.05, 4.69) is 5.32 Å². The predicted octanol–water partition coefficient (Wildman–Crippen LogP) is 4.02. The third-order valence-electron chi connectivity index (χ3n) is 3.68. The lowest BCUT2D eigenvalue weighted by molar-refractivity contribution is 0.0830. The maximum atomic E-state index is 12.5. The Hall–Kier alpha value is -2.17. The van der Waals surface area contributed by atoms with Crippen molar-refractivity contribution in [2.45, 2.75) is 6.10 Å². The lowest BCUT2D eigenvalue weighted by Crippen LogP contribution is -2.29. The second-order valence-corrected chi connectivity index (χ2v) is 5.80. The first kappa shape index (κ1) is 14.8. The van der Waals surface area contributed by atoms with Crippen LogP contribution in [0.25, 0.3) is 10.8 Å². The van der Waals surface area contributed by atoms with Crippen LogP contribution in [0.2, 0.25) is 0 Å². The molecule has 112 valence electrons. The van der Waals surface area contributed by atoms with E-state index >= 15 is 0 Å². The van der Waals surface area contributed by atoms with Crippen LogP contribution in [0, 0.1) is 0 Å². The van der Waals surface area contributed by atoms with Gasteiger partial charge in [0, 0.05) is 19.2 Å². The second-order valence-electron chi connectivity index (χ2n) is 5.02. The Morgan fingerprint density at radius 3 is 2.77 bits per heavy atom. The summed E-state index contributed by atoms with van der Waals surface area (Å²) in [5.74, 6) is -0.0749. The normalized spacial score (nSPS) is 12.2. The average Bonchev–Trinajstić information content (AvgIpc) is 3.09. The van der Waals surface area contributed by atoms with Crippen molar-refractivity contribution in [1.82, 2.24) is 5.32 Å². The molecule has 0 aliphatic heterocycles. The Morgan fingerprint density at radius 1 is 1.18 bits per heavy atom. The maximum absolute atomic E-state index is 12.5. The molecule has 0 spiro atoms. The van der Waals surface area contributed by atoms with Crippen LogP contribution in [-0.2, 0) is 4.74 Å². The van der Waals surface area contributed by atoms with Gasteiger partial charge >= 0.3 is 0 Å². The van der Waals surface area contributed by atoms with E-state index in [0.717, 1.165) is 16.3 Å². The average molecular weight is 311 g/mol. The molecule has 0 saturated carbocycles. The Bertz CT molecular complexity index is 762. The van der Waals surface area contributed by atoms with E-state index in [0.29, 0.717) is 12.1 Å². The number of methoxy groups -OCH3 is 1. The summed E-state index contributed by atoms with van der Waals surface area (Å²) >= 11 is 1.62. The molecule has 3 nitrogen and oxygen atoms in total. The SMILES string of the molecule is COC(CNC(=O)c1cccc2ccccc12)c1ccsc1. The Balaban J connectivity index is 1.76. The van der Waals surface area contributed by atoms with Crippen molar-refractivity contribution in [2.75, 3.05) is 13.7 Å². The summed E-state index contributed by atoms with van der Waals surface area (Å²) in [4.78, 5) is 12.5. The van der Waals surface area contributed by atoms with Gasteiger partial charge in [0.2, 0.25) is 0 Å². The minimum absolute atomic E-state index is 0.0749. The fourth-order valence-electron chi connectivity index (χ4n) is 2.50. The molecule has 1 N–H and O–H groups in total. The van der Waals surface area contributed by atoms with Gasteiger partial charge in [0.05, 0.1) is 0 Å². The number of hydrogen-bond acceptors (Lipinski definition) is 3. The molecule has 0 aliphatic rings. The molecular formula is C18H17NO2S. The molecule has 0 radical (unpaired) electrons. The summed E-state index contributed by atoms with van der Waals surface area (Å²) in [5.41, 5.74) is 1.78. The highest BCUT2D eigenvalue weighted by Gasteiger charge is 2.14. The van der Waals surface area contributed by atoms with Crippen LogP contribution < -0.4 is 5.32 Å². The molecule has 1 unspecified atom stereocenters. The summed E-state index contributed by atoms with van der Waals surface area (Å²) in [6, 6.07) is 15.7. The van der Waals surface area contributed by atoms with Gasteiger partial charge in [0.15, 0.2) is 0 Å². The molecule has 0 saturated heterocycles. The zero-order valence-corrected chi connectivity index (χ0v) is 13.1. The number of thiophene rings is 1. The number of benzene rings is 2. The van der Waals surface area contributed by atoms with Crippen molar-refractivity contribution in [3.8, 4) is 0 Å². The predicted molar refractivity (Wildman–Crippen MR) is 90.4 cm³/mol. The number of fused-ring (bicyclic) bond motifs is 1. The van der Waals surface area contributed by atoms with Gasteiger partial charge in [-0.15, -0.1) is 0 Å². The van der Waals surface area contributed by atoms with Gasteiger partial charge in [-0.05, 0) is 39.2 Å². The summed E-state index contributed by atoms with van der Waals surface area (Å²) in [6.45, 7) is 0.454. The summed E-state index contributed by atoms with van der Waals surface area (Å²) in [7, 11) is 1.66. The molecule has 0 aliphatic carbocycles. The quantitative estimate of drug-likeness (QED) is 0.773. The molecule has 1 heterocycles. The number of hydrogen-bond donors (Lipinski definition) is 1. The van der Waals surface area contributed by atoms with Gasteiger partial charge in [-0.3, -0.25) is 4.79 Å². The molecular weight excluding hydrogens is 294 g/mol. The Labute approximate surface area is 133 Å². The lowest BCUT2D eigenvalue weighted by atomic mass is 10.0. The van der Waals surface area contributed by atoms with Crippen molar-refractivity contribution in [3.63, 3.8) is 0 Å². The van der Waals surface area contributed by atoms with Crippen LogP contribution in [0.4, 0.5) is 0 Å². The van der Waals surface area contributed by atoms with E-state index < -0.39 is 0 Å². The molecule has 0 fully saturated rings. The Morgan fingerprint density at radius 2 is 2.00 bits per heavy atom. The summed E-state index contributed by atoms with van der Waals surface area (Å²) in [5, 5.41) is 9.05. The molecule has 4 heteroatoms. The van der Waals surface area contributed by atoms with Gasteiger partial charge in [-0.25, -0.2) is 0 Å². The van der Waals surface area contributed by atoms with Crippen molar-refractivity contribution in [1.29, 1.82) is 0 Å². The van der Waals surface area contributed by atoms with Crippen LogP contribution in [0.1, 0.15) is 22.0 Å². The number of rotatable bonds is 5. The second kappa shape index (κ2) is 6.73. The van der Waals surface area contributed by atoms with Gasteiger partial charge in [-0.2, -0.15) is 11.3 Å². The summed E-state index contributed by atoms with van der Waals surface area (Å²) < 4.78 is 5.46. The highest BCUT2D eigenvalue weighted by Crippen LogP contribution is 2.20. The molecule has 0 bridgehead atoms. The largest absolute Gasteiger partial charge is 0.375 e. The number of nitrogens with one attached hydrogen (secondary N) is 1. The van der Waals surface area contributed by atoms with Gasteiger partial charge < -0.3 is 10.1 Å². The molecule has 1 atom stereocenters. The molecule has 1 aromatic heterocycles. The van der Waals surface area contributed by atoms with Gasteiger partial charge in [-0.1, -0.05) is 36.4 Å². The number of ether oxygens (including phenoxy) is 1. The number of carbonyl (C=O) groups excluding carboxylic acids is 1. The third-order valence-corrected chi connectivity index (χ3v) is 4.38. The van der Waals surface area contributed by atoms with Gasteiger partial charge in [0.1, 0.15) is 6.10 Å². The van der Waals surface area contributed by atoms with E-state index in [4.69, 9.17) is 4.74 Å². The van der Waals surface area contributed by atoms with Crippen molar-refractivity contribution < 1.29 is 9.53 Å². The maximum Gasteiger partial charge on any atom is 0.252 e. The van der Waals surface area contributed by atoms with Crippen LogP contribution in [0.3, 0.4) is 0 Å². The van der Waals surface area contributed by atoms with E-state index in [-0.39, 0.29) is 12.0 Å². The molecule has 3 rings (SSSR count). The monoisotopic (exact) mass is 311 g/mol. The fraction of sp³-hybridized carbons (Fsp3) is 0.167. The third kappa shape index (κ3) is 3.03. The van der Waals surface area contributed by atoms with E-state index in [9.17, 15) is 4.79 Å². The van der Waals surface area contributed by atoms with E-state index in [1.807, 2.05) is 59.3 Å². The minimum Gasteiger partial charge on any atom is -0.375 e. The lowest BCUT2D eigenvalue weighted by Gasteiger charge is -2.15. The molecule has 1 amide bonds. The van der Waals surface area contributed by atoms with E-state index in [1.54, 1.807) is 18.4 Å². The standard InChI is InChI=1S/C18H17NO2S/c1-21-17(14-9-10-22-12-14)11-19-18(20)16-8-4-6-13-5-2-3-7-15(13)16/h2-10,12,17H,11H2,1H3,(H,19,20). The highest BCUT2D eigenvalue weighted by atomic mass is 32.1. The zero-order chi connectivity index (χ0) is 15.4. The fourth-order valence-corrected chi connectivity index (χ4v) is 3.20. The first-order valence-corrected chi connectivity index (χ1v) is 8.04. The first-order chi connectivity index (χ1) is 10.8. The molecule has 3 aromatic rings. The smallest absolute Gasteiger partial charge is 0.252 e. The van der Waals surface area contributed by atoms with Gasteiger partial charge in [0.25, 0.3) is 5.91 Å². The Kier molecular flexibility index (Phi) is 4.51. The zero-order valence-electron chi connectivity index (χ0n) is 12.3. The van der Waals surface area contributed by atoms with Crippen LogP contribution >= 0.6 is 11.3 Å². The van der Waals surface area contributed by atoms with Crippen LogP contribution in [0.5, 0.6) is 0 Å². The first-order valence-electron chi connectivity index (χ1n) is 7.10. The van der Waals surface area contributed by atoms with Crippen LogP contribution in [-0.4, -0.2) is 19.6 Å².